The number of nitrogens with zero attached hydrogens (tertiary/aromatic N) is 1. The predicted molar refractivity (Wildman–Crippen MR) is 106 cm³/mol. The second-order valence-corrected chi connectivity index (χ2v) is 7.37. The minimum absolute atomic E-state index is 0.0875. The van der Waals surface area contributed by atoms with Gasteiger partial charge in [0.2, 0.25) is 5.91 Å². The summed E-state index contributed by atoms with van der Waals surface area (Å²) in [5.41, 5.74) is 4.08. The Bertz CT molecular complexity index is 894. The topological polar surface area (TPSA) is 57.8 Å². The van der Waals surface area contributed by atoms with E-state index >= 15 is 0 Å². The van der Waals surface area contributed by atoms with Gasteiger partial charge < -0.3 is 10.3 Å². The second-order valence-electron chi connectivity index (χ2n) is 6.41. The first-order chi connectivity index (χ1) is 13.0. The minimum Gasteiger partial charge on any atom is -0.349 e. The zero-order valence-corrected chi connectivity index (χ0v) is 16.1. The molecule has 1 heterocycles. The summed E-state index contributed by atoms with van der Waals surface area (Å²) in [5.74, 6) is -0.105. The molecule has 2 N–H and O–H groups in total. The monoisotopic (exact) mass is 383 g/mol. The van der Waals surface area contributed by atoms with E-state index in [4.69, 9.17) is 0 Å². The molecule has 2 aromatic carbocycles. The second kappa shape index (κ2) is 8.86. The van der Waals surface area contributed by atoms with Crippen LogP contribution in [-0.2, 0) is 11.2 Å². The first-order valence-electron chi connectivity index (χ1n) is 8.78. The van der Waals surface area contributed by atoms with E-state index < -0.39 is 0 Å². The van der Waals surface area contributed by atoms with Crippen LogP contribution >= 0.6 is 11.8 Å². The van der Waals surface area contributed by atoms with Crippen molar-refractivity contribution in [3.05, 3.63) is 82.9 Å². The summed E-state index contributed by atoms with van der Waals surface area (Å²) in [7, 11) is 0. The van der Waals surface area contributed by atoms with Crippen LogP contribution in [0.2, 0.25) is 0 Å². The Labute approximate surface area is 162 Å². The normalized spacial score (nSPS) is 12.0. The molecule has 1 amide bonds. The van der Waals surface area contributed by atoms with Crippen molar-refractivity contribution in [1.29, 1.82) is 0 Å². The number of hydrogen-bond donors (Lipinski definition) is 2. The Morgan fingerprint density at radius 3 is 2.59 bits per heavy atom. The molecule has 0 aliphatic heterocycles. The van der Waals surface area contributed by atoms with Gasteiger partial charge in [0.15, 0.2) is 5.16 Å². The number of aromatic amines is 1. The summed E-state index contributed by atoms with van der Waals surface area (Å²) in [5, 5.41) is 3.66. The Balaban J connectivity index is 1.53. The molecular weight excluding hydrogens is 361 g/mol. The van der Waals surface area contributed by atoms with Crippen molar-refractivity contribution in [2.45, 2.75) is 31.5 Å². The molecule has 3 rings (SSSR count). The van der Waals surface area contributed by atoms with Crippen molar-refractivity contribution in [2.24, 2.45) is 0 Å². The van der Waals surface area contributed by atoms with Gasteiger partial charge in [-0.2, -0.15) is 0 Å². The first-order valence-corrected chi connectivity index (χ1v) is 9.77. The van der Waals surface area contributed by atoms with Gasteiger partial charge in [-0.05, 0) is 37.1 Å². The number of H-pyrrole nitrogens is 1. The van der Waals surface area contributed by atoms with Crippen LogP contribution in [0.5, 0.6) is 0 Å². The SMILES string of the molecule is Cc1[nH]c(SCC(=O)N[C@H](C)c2ccc(F)cc2)nc1Cc1ccccc1. The van der Waals surface area contributed by atoms with Gasteiger partial charge in [-0.25, -0.2) is 9.37 Å². The fraction of sp³-hybridized carbons (Fsp3) is 0.238. The number of nitrogens with one attached hydrogen (secondary N) is 2. The number of thioether (sulfide) groups is 1. The van der Waals surface area contributed by atoms with E-state index in [1.54, 1.807) is 12.1 Å². The summed E-state index contributed by atoms with van der Waals surface area (Å²) in [6.07, 6.45) is 0.761. The summed E-state index contributed by atoms with van der Waals surface area (Å²) < 4.78 is 13.0. The van der Waals surface area contributed by atoms with Crippen molar-refractivity contribution < 1.29 is 9.18 Å². The molecule has 0 aliphatic carbocycles. The molecule has 1 atom stereocenters. The average Bonchev–Trinajstić information content (AvgIpc) is 3.01. The highest BCUT2D eigenvalue weighted by Crippen LogP contribution is 2.19. The zero-order chi connectivity index (χ0) is 19.2. The van der Waals surface area contributed by atoms with Gasteiger partial charge in [-0.1, -0.05) is 54.2 Å². The number of aryl methyl sites for hydroxylation is 1. The number of halogens is 1. The van der Waals surface area contributed by atoms with E-state index in [1.165, 1.54) is 29.5 Å². The maximum absolute atomic E-state index is 13.0. The number of imidazole rings is 1. The van der Waals surface area contributed by atoms with Crippen molar-refractivity contribution >= 4 is 17.7 Å². The summed E-state index contributed by atoms with van der Waals surface area (Å²) in [6.45, 7) is 3.87. The van der Waals surface area contributed by atoms with Crippen LogP contribution in [0, 0.1) is 12.7 Å². The summed E-state index contributed by atoms with van der Waals surface area (Å²) in [4.78, 5) is 20.1. The molecule has 0 spiro atoms. The van der Waals surface area contributed by atoms with E-state index in [2.05, 4.69) is 27.4 Å². The number of benzene rings is 2. The number of amides is 1. The molecule has 0 radical (unpaired) electrons. The number of carbonyl (C=O) groups is 1. The van der Waals surface area contributed by atoms with E-state index in [9.17, 15) is 9.18 Å². The summed E-state index contributed by atoms with van der Waals surface area (Å²) in [6, 6.07) is 16.1. The molecule has 1 aromatic heterocycles. The third-order valence-electron chi connectivity index (χ3n) is 4.27. The average molecular weight is 383 g/mol. The van der Waals surface area contributed by atoms with Crippen molar-refractivity contribution in [2.75, 3.05) is 5.75 Å². The molecule has 0 fully saturated rings. The Hall–Kier alpha value is -2.60. The standard InChI is InChI=1S/C21H22FN3OS/c1-14(17-8-10-18(22)11-9-17)23-20(26)13-27-21-24-15(2)19(25-21)12-16-6-4-3-5-7-16/h3-11,14H,12-13H2,1-2H3,(H,23,26)(H,24,25)/t14-/m1/s1. The smallest absolute Gasteiger partial charge is 0.230 e. The van der Waals surface area contributed by atoms with Gasteiger partial charge >= 0.3 is 0 Å². The molecule has 4 nitrogen and oxygen atoms in total. The van der Waals surface area contributed by atoms with E-state index in [1.807, 2.05) is 32.0 Å². The highest BCUT2D eigenvalue weighted by molar-refractivity contribution is 7.99. The van der Waals surface area contributed by atoms with Crippen LogP contribution in [-0.4, -0.2) is 21.6 Å². The molecule has 0 saturated heterocycles. The van der Waals surface area contributed by atoms with E-state index in [-0.39, 0.29) is 23.5 Å². The number of aromatic nitrogens is 2. The predicted octanol–water partition coefficient (Wildman–Crippen LogP) is 4.42. The zero-order valence-electron chi connectivity index (χ0n) is 15.3. The Kier molecular flexibility index (Phi) is 6.29. The lowest BCUT2D eigenvalue weighted by molar-refractivity contribution is -0.119. The first kappa shape index (κ1) is 19.2. The lowest BCUT2D eigenvalue weighted by atomic mass is 10.1. The highest BCUT2D eigenvalue weighted by atomic mass is 32.2. The maximum Gasteiger partial charge on any atom is 0.230 e. The quantitative estimate of drug-likeness (QED) is 0.594. The third-order valence-corrected chi connectivity index (χ3v) is 5.14. The third kappa shape index (κ3) is 5.44. The summed E-state index contributed by atoms with van der Waals surface area (Å²) >= 11 is 1.38. The van der Waals surface area contributed by atoms with Gasteiger partial charge in [-0.15, -0.1) is 0 Å². The fourth-order valence-corrected chi connectivity index (χ4v) is 3.50. The van der Waals surface area contributed by atoms with Gasteiger partial charge in [0.05, 0.1) is 17.5 Å². The molecule has 27 heavy (non-hydrogen) atoms. The molecular formula is C21H22FN3OS. The molecule has 140 valence electrons. The molecule has 0 bridgehead atoms. The van der Waals surface area contributed by atoms with Crippen LogP contribution in [0.4, 0.5) is 4.39 Å². The minimum atomic E-state index is -0.285. The van der Waals surface area contributed by atoms with Gasteiger partial charge in [0.1, 0.15) is 5.82 Å². The van der Waals surface area contributed by atoms with Crippen LogP contribution in [0.3, 0.4) is 0 Å². The van der Waals surface area contributed by atoms with Gasteiger partial charge in [0.25, 0.3) is 0 Å². The molecule has 0 saturated carbocycles. The fourth-order valence-electron chi connectivity index (χ4n) is 2.75. The van der Waals surface area contributed by atoms with Crippen molar-refractivity contribution in [3.63, 3.8) is 0 Å². The lowest BCUT2D eigenvalue weighted by Gasteiger charge is -2.13. The number of hydrogen-bond acceptors (Lipinski definition) is 3. The molecule has 6 heteroatoms. The van der Waals surface area contributed by atoms with E-state index in [0.717, 1.165) is 28.5 Å². The molecule has 0 unspecified atom stereocenters. The number of carbonyl (C=O) groups excluding carboxylic acids is 1. The van der Waals surface area contributed by atoms with E-state index in [0.29, 0.717) is 0 Å². The number of rotatable bonds is 7. The highest BCUT2D eigenvalue weighted by Gasteiger charge is 2.13. The van der Waals surface area contributed by atoms with Gasteiger partial charge in [-0.3, -0.25) is 4.79 Å². The maximum atomic E-state index is 13.0. The molecule has 0 aliphatic rings. The van der Waals surface area contributed by atoms with Crippen LogP contribution in [0.15, 0.2) is 59.8 Å². The largest absolute Gasteiger partial charge is 0.349 e. The van der Waals surface area contributed by atoms with Crippen LogP contribution < -0.4 is 5.32 Å². The van der Waals surface area contributed by atoms with Crippen LogP contribution in [0.1, 0.15) is 35.5 Å². The van der Waals surface area contributed by atoms with Crippen molar-refractivity contribution in [1.82, 2.24) is 15.3 Å². The van der Waals surface area contributed by atoms with Crippen LogP contribution in [0.25, 0.3) is 0 Å². The van der Waals surface area contributed by atoms with Crippen molar-refractivity contribution in [3.8, 4) is 0 Å². The Morgan fingerprint density at radius 2 is 1.89 bits per heavy atom. The van der Waals surface area contributed by atoms with Gasteiger partial charge in [0, 0.05) is 12.1 Å². The molecule has 3 aromatic rings. The lowest BCUT2D eigenvalue weighted by Crippen LogP contribution is -2.28. The Morgan fingerprint density at radius 1 is 1.19 bits per heavy atom.